The maximum atomic E-state index is 10.4. The van der Waals surface area contributed by atoms with Crippen LogP contribution in [-0.4, -0.2) is 12.9 Å². The van der Waals surface area contributed by atoms with Crippen LogP contribution >= 0.6 is 11.6 Å². The molecule has 3 heteroatoms. The second-order valence-corrected chi connectivity index (χ2v) is 3.47. The number of hydrogen-bond donors (Lipinski definition) is 0. The summed E-state index contributed by atoms with van der Waals surface area (Å²) in [6, 6.07) is 5.64. The van der Waals surface area contributed by atoms with Gasteiger partial charge in [-0.25, -0.2) is 0 Å². The molecular formula is C10H9ClO2. The van der Waals surface area contributed by atoms with Gasteiger partial charge in [-0.15, -0.1) is 11.6 Å². The third-order valence-electron chi connectivity index (χ3n) is 2.15. The van der Waals surface area contributed by atoms with E-state index in [1.54, 1.807) is 0 Å². The SMILES string of the molecule is O=CC(Cl)c1ccc2c(c1)CCO2. The lowest BCUT2D eigenvalue weighted by molar-refractivity contribution is -0.107. The minimum absolute atomic E-state index is 0.536. The highest BCUT2D eigenvalue weighted by Crippen LogP contribution is 2.29. The van der Waals surface area contributed by atoms with Gasteiger partial charge in [-0.1, -0.05) is 12.1 Å². The van der Waals surface area contributed by atoms with E-state index in [0.29, 0.717) is 0 Å². The molecule has 2 nitrogen and oxygen atoms in total. The number of carbonyl (C=O) groups excluding carboxylic acids is 1. The number of halogens is 1. The van der Waals surface area contributed by atoms with Gasteiger partial charge in [0.2, 0.25) is 0 Å². The van der Waals surface area contributed by atoms with Gasteiger partial charge in [0.15, 0.2) is 0 Å². The number of fused-ring (bicyclic) bond motifs is 1. The van der Waals surface area contributed by atoms with E-state index in [2.05, 4.69) is 0 Å². The first kappa shape index (κ1) is 8.57. The Kier molecular flexibility index (Phi) is 2.23. The zero-order valence-electron chi connectivity index (χ0n) is 7.00. The molecule has 0 bridgehead atoms. The van der Waals surface area contributed by atoms with Crippen molar-refractivity contribution in [2.24, 2.45) is 0 Å². The minimum Gasteiger partial charge on any atom is -0.493 e. The fourth-order valence-corrected chi connectivity index (χ4v) is 1.59. The van der Waals surface area contributed by atoms with Crippen LogP contribution in [0.1, 0.15) is 16.5 Å². The minimum atomic E-state index is -0.536. The van der Waals surface area contributed by atoms with Crippen molar-refractivity contribution >= 4 is 17.9 Å². The van der Waals surface area contributed by atoms with Gasteiger partial charge in [0.1, 0.15) is 17.4 Å². The molecule has 1 aromatic carbocycles. The number of aldehydes is 1. The van der Waals surface area contributed by atoms with E-state index in [1.165, 1.54) is 0 Å². The van der Waals surface area contributed by atoms with Gasteiger partial charge in [0.05, 0.1) is 6.61 Å². The summed E-state index contributed by atoms with van der Waals surface area (Å²) in [5, 5.41) is -0.536. The standard InChI is InChI=1S/C10H9ClO2/c11-9(6-12)7-1-2-10-8(5-7)3-4-13-10/h1-2,5-6,9H,3-4H2. The van der Waals surface area contributed by atoms with Gasteiger partial charge in [-0.3, -0.25) is 0 Å². The lowest BCUT2D eigenvalue weighted by Crippen LogP contribution is -1.91. The average Bonchev–Trinajstić information content (AvgIpc) is 2.63. The Bertz CT molecular complexity index is 336. The Hall–Kier alpha value is -1.02. The van der Waals surface area contributed by atoms with Crippen molar-refractivity contribution < 1.29 is 9.53 Å². The third kappa shape index (κ3) is 1.54. The Morgan fingerprint density at radius 2 is 2.38 bits per heavy atom. The van der Waals surface area contributed by atoms with Gasteiger partial charge in [0, 0.05) is 6.42 Å². The first-order valence-electron chi connectivity index (χ1n) is 4.16. The Morgan fingerprint density at radius 1 is 1.54 bits per heavy atom. The van der Waals surface area contributed by atoms with Crippen molar-refractivity contribution in [2.45, 2.75) is 11.8 Å². The molecule has 0 saturated carbocycles. The molecule has 1 heterocycles. The predicted molar refractivity (Wildman–Crippen MR) is 50.3 cm³/mol. The quantitative estimate of drug-likeness (QED) is 0.535. The predicted octanol–water partition coefficient (Wildman–Crippen LogP) is 2.10. The molecule has 2 rings (SSSR count). The first-order chi connectivity index (χ1) is 6.31. The van der Waals surface area contributed by atoms with Crippen LogP contribution in [0.2, 0.25) is 0 Å². The maximum absolute atomic E-state index is 10.4. The van der Waals surface area contributed by atoms with Crippen LogP contribution in [0, 0.1) is 0 Å². The second kappa shape index (κ2) is 3.38. The number of alkyl halides is 1. The molecule has 1 aromatic rings. The largest absolute Gasteiger partial charge is 0.493 e. The van der Waals surface area contributed by atoms with Crippen LogP contribution in [0.25, 0.3) is 0 Å². The number of hydrogen-bond acceptors (Lipinski definition) is 2. The number of benzene rings is 1. The monoisotopic (exact) mass is 196 g/mol. The van der Waals surface area contributed by atoms with Crippen molar-refractivity contribution in [2.75, 3.05) is 6.61 Å². The molecule has 1 aliphatic rings. The zero-order valence-corrected chi connectivity index (χ0v) is 7.75. The molecule has 0 saturated heterocycles. The Labute approximate surface area is 81.5 Å². The van der Waals surface area contributed by atoms with Gasteiger partial charge in [-0.05, 0) is 17.2 Å². The van der Waals surface area contributed by atoms with Crippen molar-refractivity contribution in [3.63, 3.8) is 0 Å². The molecule has 13 heavy (non-hydrogen) atoms. The van der Waals surface area contributed by atoms with E-state index < -0.39 is 5.38 Å². The summed E-state index contributed by atoms with van der Waals surface area (Å²) in [6.45, 7) is 0.729. The average molecular weight is 197 g/mol. The molecule has 1 unspecified atom stereocenters. The highest BCUT2D eigenvalue weighted by molar-refractivity contribution is 6.27. The van der Waals surface area contributed by atoms with E-state index in [0.717, 1.165) is 36.2 Å². The Morgan fingerprint density at radius 3 is 3.15 bits per heavy atom. The molecule has 0 radical (unpaired) electrons. The van der Waals surface area contributed by atoms with Crippen molar-refractivity contribution in [1.82, 2.24) is 0 Å². The van der Waals surface area contributed by atoms with Crippen LogP contribution in [0.3, 0.4) is 0 Å². The van der Waals surface area contributed by atoms with E-state index in [-0.39, 0.29) is 0 Å². The van der Waals surface area contributed by atoms with Gasteiger partial charge in [0.25, 0.3) is 0 Å². The molecule has 0 fully saturated rings. The molecule has 1 atom stereocenters. The highest BCUT2D eigenvalue weighted by atomic mass is 35.5. The van der Waals surface area contributed by atoms with Gasteiger partial charge < -0.3 is 9.53 Å². The molecule has 0 spiro atoms. The molecule has 1 aliphatic heterocycles. The third-order valence-corrected chi connectivity index (χ3v) is 2.51. The van der Waals surface area contributed by atoms with Crippen LogP contribution in [0.5, 0.6) is 5.75 Å². The van der Waals surface area contributed by atoms with Crippen LogP contribution < -0.4 is 4.74 Å². The van der Waals surface area contributed by atoms with Crippen molar-refractivity contribution in [3.05, 3.63) is 29.3 Å². The number of rotatable bonds is 2. The van der Waals surface area contributed by atoms with Crippen LogP contribution in [0.15, 0.2) is 18.2 Å². The number of ether oxygens (including phenoxy) is 1. The van der Waals surface area contributed by atoms with Crippen molar-refractivity contribution in [3.8, 4) is 5.75 Å². The molecular weight excluding hydrogens is 188 g/mol. The van der Waals surface area contributed by atoms with Gasteiger partial charge >= 0.3 is 0 Å². The summed E-state index contributed by atoms with van der Waals surface area (Å²) in [5.74, 6) is 0.915. The lowest BCUT2D eigenvalue weighted by atomic mass is 10.1. The molecule has 0 aromatic heterocycles. The van der Waals surface area contributed by atoms with Crippen molar-refractivity contribution in [1.29, 1.82) is 0 Å². The fraction of sp³-hybridized carbons (Fsp3) is 0.300. The molecule has 0 N–H and O–H groups in total. The van der Waals surface area contributed by atoms with Crippen LogP contribution in [0.4, 0.5) is 0 Å². The summed E-state index contributed by atoms with van der Waals surface area (Å²) in [7, 11) is 0. The maximum Gasteiger partial charge on any atom is 0.142 e. The topological polar surface area (TPSA) is 26.3 Å². The summed E-state index contributed by atoms with van der Waals surface area (Å²) in [4.78, 5) is 10.4. The van der Waals surface area contributed by atoms with E-state index >= 15 is 0 Å². The summed E-state index contributed by atoms with van der Waals surface area (Å²) in [6.07, 6.45) is 1.64. The molecule has 0 amide bonds. The van der Waals surface area contributed by atoms with E-state index in [1.807, 2.05) is 18.2 Å². The normalized spacial score (nSPS) is 16.1. The zero-order chi connectivity index (χ0) is 9.26. The first-order valence-corrected chi connectivity index (χ1v) is 4.60. The summed E-state index contributed by atoms with van der Waals surface area (Å²) >= 11 is 5.78. The lowest BCUT2D eigenvalue weighted by Gasteiger charge is -2.04. The number of carbonyl (C=O) groups is 1. The highest BCUT2D eigenvalue weighted by Gasteiger charge is 2.14. The summed E-state index contributed by atoms with van der Waals surface area (Å²) in [5.41, 5.74) is 1.99. The van der Waals surface area contributed by atoms with E-state index in [9.17, 15) is 4.79 Å². The smallest absolute Gasteiger partial charge is 0.142 e. The van der Waals surface area contributed by atoms with Crippen LogP contribution in [-0.2, 0) is 11.2 Å². The van der Waals surface area contributed by atoms with Gasteiger partial charge in [-0.2, -0.15) is 0 Å². The molecule has 0 aliphatic carbocycles. The Balaban J connectivity index is 2.35. The second-order valence-electron chi connectivity index (χ2n) is 3.00. The summed E-state index contributed by atoms with van der Waals surface area (Å²) < 4.78 is 5.34. The fourth-order valence-electron chi connectivity index (χ4n) is 1.46. The van der Waals surface area contributed by atoms with E-state index in [4.69, 9.17) is 16.3 Å². The molecule has 68 valence electrons.